The Hall–Kier alpha value is -4.51. The predicted molar refractivity (Wildman–Crippen MR) is 202 cm³/mol. The highest BCUT2D eigenvalue weighted by Crippen LogP contribution is 2.27. The Morgan fingerprint density at radius 1 is 0.833 bits per heavy atom. The average Bonchev–Trinajstić information content (AvgIpc) is 3.67. The van der Waals surface area contributed by atoms with E-state index in [4.69, 9.17) is 66.2 Å². The van der Waals surface area contributed by atoms with E-state index in [2.05, 4.69) is 10.6 Å². The molecule has 25 nitrogen and oxygen atoms in total. The van der Waals surface area contributed by atoms with Crippen molar-refractivity contribution in [1.29, 1.82) is 0 Å². The molecule has 1 aromatic rings. The Labute approximate surface area is 343 Å². The smallest absolute Gasteiger partial charge is 0.320 e. The summed E-state index contributed by atoms with van der Waals surface area (Å²) in [5, 5.41) is 103. The van der Waals surface area contributed by atoms with Crippen LogP contribution in [0.4, 0.5) is 0 Å². The second-order valence-electron chi connectivity index (χ2n) is 13.1. The fourth-order valence-electron chi connectivity index (χ4n) is 4.40. The molecule has 10 atom stereocenters. The first kappa shape index (κ1) is 57.6. The third-order valence-corrected chi connectivity index (χ3v) is 8.01. The molecule has 0 aromatic carbocycles. The van der Waals surface area contributed by atoms with Crippen molar-refractivity contribution < 1.29 is 104 Å². The van der Waals surface area contributed by atoms with Crippen LogP contribution in [0, 0.1) is 0 Å². The highest BCUT2D eigenvalue weighted by molar-refractivity contribution is 6.25. The fraction of sp³-hybridized carbons (Fsp3) is 0.686. The number of ketones is 2. The predicted octanol–water partition coefficient (Wildman–Crippen LogP) is -4.61. The first-order valence-corrected chi connectivity index (χ1v) is 18.4. The van der Waals surface area contributed by atoms with Crippen molar-refractivity contribution in [3.05, 3.63) is 18.1 Å². The SMILES string of the molecule is CC(=O)c1occc1O[C@H]1OC(CO)C(O)C(O)C1O.CC(NCCCCC(N)C(=O)O)C(=O)O.NC(CCCCNCC(=O)O)C(=O)O.O=CC(=O)CC(O)C(O)CO. The van der Waals surface area contributed by atoms with E-state index in [-0.39, 0.29) is 30.1 Å². The Kier molecular flexibility index (Phi) is 31.0. The third kappa shape index (κ3) is 25.2. The summed E-state index contributed by atoms with van der Waals surface area (Å²) in [4.78, 5) is 72.5. The van der Waals surface area contributed by atoms with Crippen molar-refractivity contribution in [2.45, 2.75) is 120 Å². The van der Waals surface area contributed by atoms with Crippen LogP contribution in [0.2, 0.25) is 0 Å². The minimum atomic E-state index is -1.54. The molecule has 0 radical (unpaired) electrons. The first-order valence-electron chi connectivity index (χ1n) is 18.4. The number of nitrogens with two attached hydrogens (primary N) is 2. The molecular weight excluding hydrogens is 812 g/mol. The zero-order valence-corrected chi connectivity index (χ0v) is 33.1. The average molecular weight is 873 g/mol. The maximum absolute atomic E-state index is 11.3. The largest absolute Gasteiger partial charge is 0.480 e. The summed E-state index contributed by atoms with van der Waals surface area (Å²) in [5.41, 5.74) is 10.6. The van der Waals surface area contributed by atoms with Gasteiger partial charge < -0.3 is 92.2 Å². The van der Waals surface area contributed by atoms with Crippen LogP contribution in [0.15, 0.2) is 16.7 Å². The van der Waals surface area contributed by atoms with Crippen LogP contribution in [0.25, 0.3) is 0 Å². The summed E-state index contributed by atoms with van der Waals surface area (Å²) in [7, 11) is 0. The van der Waals surface area contributed by atoms with Crippen LogP contribution < -0.4 is 26.8 Å². The maximum atomic E-state index is 11.3. The molecule has 60 heavy (non-hydrogen) atoms. The van der Waals surface area contributed by atoms with E-state index in [1.54, 1.807) is 6.92 Å². The maximum Gasteiger partial charge on any atom is 0.320 e. The Morgan fingerprint density at radius 2 is 1.38 bits per heavy atom. The molecule has 2 heterocycles. The van der Waals surface area contributed by atoms with Gasteiger partial charge in [-0.1, -0.05) is 12.8 Å². The first-order chi connectivity index (χ1) is 28.0. The number of unbranched alkanes of at least 4 members (excludes halogenated alkanes) is 2. The van der Waals surface area contributed by atoms with Gasteiger partial charge in [0.2, 0.25) is 12.1 Å². The van der Waals surface area contributed by atoms with Gasteiger partial charge in [-0.05, 0) is 45.7 Å². The molecule has 1 aliphatic heterocycles. The van der Waals surface area contributed by atoms with Crippen LogP contribution in [-0.2, 0) is 33.5 Å². The fourth-order valence-corrected chi connectivity index (χ4v) is 4.40. The summed E-state index contributed by atoms with van der Waals surface area (Å²) in [6.07, 6.45) is -5.21. The van der Waals surface area contributed by atoms with E-state index in [0.29, 0.717) is 38.8 Å². The third-order valence-electron chi connectivity index (χ3n) is 8.01. The van der Waals surface area contributed by atoms with Crippen molar-refractivity contribution in [1.82, 2.24) is 10.6 Å². The van der Waals surface area contributed by atoms with Gasteiger partial charge in [-0.15, -0.1) is 0 Å². The van der Waals surface area contributed by atoms with Gasteiger partial charge in [0, 0.05) is 19.4 Å². The second kappa shape index (κ2) is 32.3. The molecule has 346 valence electrons. The van der Waals surface area contributed by atoms with E-state index in [1.165, 1.54) is 19.3 Å². The number of nitrogens with one attached hydrogen (secondary N) is 2. The van der Waals surface area contributed by atoms with Gasteiger partial charge in [0.15, 0.2) is 23.6 Å². The van der Waals surface area contributed by atoms with E-state index < -0.39 is 110 Å². The van der Waals surface area contributed by atoms with E-state index >= 15 is 0 Å². The lowest BCUT2D eigenvalue weighted by molar-refractivity contribution is -0.277. The number of ether oxygens (including phenoxy) is 2. The zero-order chi connectivity index (χ0) is 46.5. The molecule has 0 spiro atoms. The number of aliphatic hydroxyl groups is 7. The molecule has 0 amide bonds. The van der Waals surface area contributed by atoms with Crippen LogP contribution in [-0.4, -0.2) is 192 Å². The number of furan rings is 1. The summed E-state index contributed by atoms with van der Waals surface area (Å²) in [6, 6.07) is -0.840. The summed E-state index contributed by atoms with van der Waals surface area (Å²) in [6.45, 7) is 2.71. The molecule has 1 fully saturated rings. The van der Waals surface area contributed by atoms with E-state index in [9.17, 15) is 48.9 Å². The number of hydrogen-bond donors (Lipinski definition) is 15. The zero-order valence-electron chi connectivity index (χ0n) is 33.1. The van der Waals surface area contributed by atoms with Crippen LogP contribution in [0.1, 0.15) is 69.3 Å². The number of aliphatic carboxylic acids is 4. The molecule has 0 aliphatic carbocycles. The highest BCUT2D eigenvalue weighted by atomic mass is 16.7. The van der Waals surface area contributed by atoms with Crippen molar-refractivity contribution in [3.63, 3.8) is 0 Å². The second-order valence-corrected chi connectivity index (χ2v) is 13.1. The molecule has 1 saturated heterocycles. The van der Waals surface area contributed by atoms with Gasteiger partial charge in [0.25, 0.3) is 0 Å². The van der Waals surface area contributed by atoms with Gasteiger partial charge in [-0.3, -0.25) is 33.6 Å². The van der Waals surface area contributed by atoms with Gasteiger partial charge in [0.1, 0.15) is 48.6 Å². The standard InChI is InChI=1S/C12H16O8.C9H18N2O4.C8H16N2O4.C6H10O5/c1-5(14)11-6(2-3-18-11)19-12-10(17)9(16)8(15)7(4-13)20-12;1-6(8(12)13)11-5-3-2-4-7(10)9(14)15;9-6(8(13)14)3-1-2-4-10-5-7(11)12;7-2-4(9)1-5(10)6(11)3-8/h2-3,7-10,12-13,15-17H,4H2,1H3;6-7,11H,2-5,10H2,1H3,(H,12,13)(H,14,15);6,10H,1-5,9H2,(H,11,12)(H,13,14);2,5-6,8,10-11H,1,3H2/t7?,8?,9?,10?,12-;;;/m0.../s1. The molecule has 25 heteroatoms. The minimum absolute atomic E-state index is 0.0434. The number of rotatable bonds is 25. The summed E-state index contributed by atoms with van der Waals surface area (Å²) >= 11 is 0. The van der Waals surface area contributed by atoms with Crippen molar-refractivity contribution in [2.24, 2.45) is 11.5 Å². The molecule has 0 bridgehead atoms. The van der Waals surface area contributed by atoms with Gasteiger partial charge in [0.05, 0.1) is 32.1 Å². The monoisotopic (exact) mass is 872 g/mol. The number of aliphatic hydroxyl groups excluding tert-OH is 7. The number of carbonyl (C=O) groups is 7. The van der Waals surface area contributed by atoms with E-state index in [0.717, 1.165) is 12.8 Å². The molecular formula is C35H60N4O21. The number of Topliss-reactive ketones (excluding diaryl/α,β-unsaturated/α-hetero) is 2. The molecule has 17 N–H and O–H groups in total. The number of carbonyl (C=O) groups excluding carboxylic acids is 3. The van der Waals surface area contributed by atoms with Crippen molar-refractivity contribution >= 4 is 41.7 Å². The lowest BCUT2D eigenvalue weighted by atomic mass is 9.99. The number of carboxylic acids is 4. The van der Waals surface area contributed by atoms with Crippen molar-refractivity contribution in [2.75, 3.05) is 32.8 Å². The Bertz CT molecular complexity index is 1410. The quantitative estimate of drug-likeness (QED) is 0.0190. The normalized spacial score (nSPS) is 20.7. The van der Waals surface area contributed by atoms with Crippen molar-refractivity contribution in [3.8, 4) is 5.75 Å². The molecule has 9 unspecified atom stereocenters. The summed E-state index contributed by atoms with van der Waals surface area (Å²) in [5.74, 6) is -4.97. The molecule has 1 aliphatic rings. The number of carboxylic acid groups (broad SMARTS) is 4. The number of aldehydes is 1. The topological polar surface area (TPSA) is 450 Å². The van der Waals surface area contributed by atoms with Gasteiger partial charge in [-0.25, -0.2) is 0 Å². The van der Waals surface area contributed by atoms with E-state index in [1.807, 2.05) is 0 Å². The number of hydrogen-bond acceptors (Lipinski definition) is 21. The van der Waals surface area contributed by atoms with Crippen LogP contribution in [0.3, 0.4) is 0 Å². The lowest BCUT2D eigenvalue weighted by Crippen LogP contribution is -2.60. The molecule has 1 aromatic heterocycles. The minimum Gasteiger partial charge on any atom is -0.480 e. The van der Waals surface area contributed by atoms with Crippen LogP contribution in [0.5, 0.6) is 5.75 Å². The molecule has 0 saturated carbocycles. The highest BCUT2D eigenvalue weighted by Gasteiger charge is 2.45. The van der Waals surface area contributed by atoms with Gasteiger partial charge in [-0.2, -0.15) is 0 Å². The van der Waals surface area contributed by atoms with Gasteiger partial charge >= 0.3 is 23.9 Å². The Morgan fingerprint density at radius 3 is 1.83 bits per heavy atom. The lowest BCUT2D eigenvalue weighted by Gasteiger charge is -2.39. The summed E-state index contributed by atoms with van der Waals surface area (Å²) < 4.78 is 15.4. The Balaban J connectivity index is 0. The van der Waals surface area contributed by atoms with Crippen LogP contribution >= 0.6 is 0 Å². The molecule has 2 rings (SSSR count).